The summed E-state index contributed by atoms with van der Waals surface area (Å²) < 4.78 is 5.38. The Labute approximate surface area is 157 Å². The molecule has 2 amide bonds. The van der Waals surface area contributed by atoms with Gasteiger partial charge >= 0.3 is 0 Å². The molecule has 0 aliphatic carbocycles. The number of morpholine rings is 1. The number of fused-ring (bicyclic) bond motifs is 1. The highest BCUT2D eigenvalue weighted by Crippen LogP contribution is 2.23. The van der Waals surface area contributed by atoms with Crippen molar-refractivity contribution >= 4 is 23.3 Å². The molecule has 1 aromatic carbocycles. The third-order valence-electron chi connectivity index (χ3n) is 4.82. The fraction of sp³-hybridized carbons (Fsp3) is 0.350. The molecule has 0 bridgehead atoms. The van der Waals surface area contributed by atoms with E-state index >= 15 is 0 Å². The first-order valence-electron chi connectivity index (χ1n) is 9.19. The van der Waals surface area contributed by atoms with E-state index in [9.17, 15) is 9.59 Å². The van der Waals surface area contributed by atoms with Crippen molar-refractivity contribution < 1.29 is 14.3 Å². The predicted octanol–water partition coefficient (Wildman–Crippen LogP) is 1.73. The first-order chi connectivity index (χ1) is 13.2. The average Bonchev–Trinajstić information content (AvgIpc) is 2.72. The van der Waals surface area contributed by atoms with Crippen LogP contribution in [0, 0.1) is 0 Å². The van der Waals surface area contributed by atoms with Crippen LogP contribution in [0.1, 0.15) is 28.0 Å². The fourth-order valence-corrected chi connectivity index (χ4v) is 3.33. The maximum Gasteiger partial charge on any atom is 0.251 e. The second-order valence-corrected chi connectivity index (χ2v) is 6.69. The van der Waals surface area contributed by atoms with Crippen LogP contribution in [0.25, 0.3) is 0 Å². The molecule has 7 nitrogen and oxygen atoms in total. The largest absolute Gasteiger partial charge is 0.378 e. The van der Waals surface area contributed by atoms with Crippen molar-refractivity contribution in [1.29, 1.82) is 0 Å². The molecule has 7 heteroatoms. The van der Waals surface area contributed by atoms with Crippen molar-refractivity contribution in [3.8, 4) is 0 Å². The number of pyridine rings is 1. The highest BCUT2D eigenvalue weighted by Gasteiger charge is 2.17. The second kappa shape index (κ2) is 7.75. The zero-order valence-electron chi connectivity index (χ0n) is 15.0. The second-order valence-electron chi connectivity index (χ2n) is 6.69. The van der Waals surface area contributed by atoms with Crippen LogP contribution in [0.2, 0.25) is 0 Å². The summed E-state index contributed by atoms with van der Waals surface area (Å²) in [5, 5.41) is 5.76. The number of anilines is 2. The van der Waals surface area contributed by atoms with Gasteiger partial charge in [0.2, 0.25) is 5.91 Å². The molecule has 0 radical (unpaired) electrons. The van der Waals surface area contributed by atoms with Crippen molar-refractivity contribution in [2.24, 2.45) is 0 Å². The van der Waals surface area contributed by atoms with Gasteiger partial charge in [0.15, 0.2) is 0 Å². The molecular weight excluding hydrogens is 344 g/mol. The number of carbonyl (C=O) groups is 2. The zero-order valence-corrected chi connectivity index (χ0v) is 15.0. The van der Waals surface area contributed by atoms with Gasteiger partial charge in [-0.15, -0.1) is 0 Å². The van der Waals surface area contributed by atoms with Gasteiger partial charge in [0.25, 0.3) is 5.91 Å². The van der Waals surface area contributed by atoms with Crippen molar-refractivity contribution in [1.82, 2.24) is 10.3 Å². The zero-order chi connectivity index (χ0) is 18.6. The van der Waals surface area contributed by atoms with E-state index in [-0.39, 0.29) is 11.8 Å². The Morgan fingerprint density at radius 1 is 1.19 bits per heavy atom. The minimum atomic E-state index is -0.145. The average molecular weight is 366 g/mol. The van der Waals surface area contributed by atoms with Crippen LogP contribution in [0.4, 0.5) is 11.5 Å². The molecule has 0 unspecified atom stereocenters. The molecule has 0 atom stereocenters. The number of amides is 2. The molecule has 0 spiro atoms. The van der Waals surface area contributed by atoms with Crippen LogP contribution in [0.5, 0.6) is 0 Å². The van der Waals surface area contributed by atoms with Gasteiger partial charge in [-0.1, -0.05) is 6.07 Å². The monoisotopic (exact) mass is 366 g/mol. The molecule has 3 heterocycles. The molecule has 2 aliphatic rings. The summed E-state index contributed by atoms with van der Waals surface area (Å²) in [6, 6.07) is 11.2. The van der Waals surface area contributed by atoms with Gasteiger partial charge in [-0.3, -0.25) is 9.59 Å². The van der Waals surface area contributed by atoms with Gasteiger partial charge in [0, 0.05) is 30.8 Å². The molecular formula is C20H22N4O3. The highest BCUT2D eigenvalue weighted by molar-refractivity contribution is 5.97. The Morgan fingerprint density at radius 2 is 2.04 bits per heavy atom. The summed E-state index contributed by atoms with van der Waals surface area (Å²) in [7, 11) is 0. The number of carbonyl (C=O) groups excluding carboxylic acids is 2. The lowest BCUT2D eigenvalue weighted by molar-refractivity contribution is -0.116. The molecule has 140 valence electrons. The molecule has 1 aromatic heterocycles. The van der Waals surface area contributed by atoms with Gasteiger partial charge in [-0.25, -0.2) is 4.98 Å². The van der Waals surface area contributed by atoms with E-state index in [4.69, 9.17) is 4.74 Å². The standard InChI is InChI=1S/C20H22N4O3/c25-19-7-5-14-12-15(4-6-17(14)23-19)20(26)21-13-16-2-1-3-18(22-16)24-8-10-27-11-9-24/h1-4,6,12H,5,7-11,13H2,(H,21,26)(H,23,25). The first-order valence-corrected chi connectivity index (χ1v) is 9.19. The molecule has 1 saturated heterocycles. The first kappa shape index (κ1) is 17.5. The molecule has 2 aliphatic heterocycles. The molecule has 2 aromatic rings. The van der Waals surface area contributed by atoms with Gasteiger partial charge in [-0.2, -0.15) is 0 Å². The molecule has 4 rings (SSSR count). The number of hydrogen-bond donors (Lipinski definition) is 2. The lowest BCUT2D eigenvalue weighted by Gasteiger charge is -2.28. The predicted molar refractivity (Wildman–Crippen MR) is 102 cm³/mol. The summed E-state index contributed by atoms with van der Waals surface area (Å²) in [5.74, 6) is 0.786. The Morgan fingerprint density at radius 3 is 2.89 bits per heavy atom. The molecule has 0 saturated carbocycles. The van der Waals surface area contributed by atoms with E-state index in [1.807, 2.05) is 24.3 Å². The van der Waals surface area contributed by atoms with Gasteiger partial charge in [0.1, 0.15) is 5.82 Å². The highest BCUT2D eigenvalue weighted by atomic mass is 16.5. The third-order valence-corrected chi connectivity index (χ3v) is 4.82. The van der Waals surface area contributed by atoms with Crippen LogP contribution < -0.4 is 15.5 Å². The van der Waals surface area contributed by atoms with Crippen molar-refractivity contribution in [2.45, 2.75) is 19.4 Å². The number of aromatic nitrogens is 1. The normalized spacial score (nSPS) is 16.4. The van der Waals surface area contributed by atoms with E-state index in [2.05, 4.69) is 20.5 Å². The van der Waals surface area contributed by atoms with Gasteiger partial charge < -0.3 is 20.3 Å². The third kappa shape index (κ3) is 4.09. The van der Waals surface area contributed by atoms with Crippen molar-refractivity contribution in [3.05, 3.63) is 53.2 Å². The number of nitrogens with one attached hydrogen (secondary N) is 2. The Bertz CT molecular complexity index is 862. The Kier molecular flexibility index (Phi) is 5.02. The number of hydrogen-bond acceptors (Lipinski definition) is 5. The van der Waals surface area contributed by atoms with Gasteiger partial charge in [0.05, 0.1) is 25.5 Å². The van der Waals surface area contributed by atoms with Crippen LogP contribution >= 0.6 is 0 Å². The van der Waals surface area contributed by atoms with Crippen LogP contribution in [0.3, 0.4) is 0 Å². The summed E-state index contributed by atoms with van der Waals surface area (Å²) in [6.07, 6.45) is 1.11. The lowest BCUT2D eigenvalue weighted by atomic mass is 10.00. The number of rotatable bonds is 4. The smallest absolute Gasteiger partial charge is 0.251 e. The van der Waals surface area contributed by atoms with E-state index < -0.39 is 0 Å². The van der Waals surface area contributed by atoms with E-state index in [1.165, 1.54) is 0 Å². The van der Waals surface area contributed by atoms with Crippen LogP contribution in [0.15, 0.2) is 36.4 Å². The summed E-state index contributed by atoms with van der Waals surface area (Å²) in [5.41, 5.74) is 3.20. The number of aryl methyl sites for hydroxylation is 1. The van der Waals surface area contributed by atoms with Gasteiger partial charge in [-0.05, 0) is 42.3 Å². The van der Waals surface area contributed by atoms with Crippen molar-refractivity contribution in [2.75, 3.05) is 36.5 Å². The minimum Gasteiger partial charge on any atom is -0.378 e. The van der Waals surface area contributed by atoms with E-state index in [0.717, 1.165) is 35.9 Å². The molecule has 2 N–H and O–H groups in total. The quantitative estimate of drug-likeness (QED) is 0.861. The molecule has 1 fully saturated rings. The summed E-state index contributed by atoms with van der Waals surface area (Å²) >= 11 is 0. The number of benzene rings is 1. The Hall–Kier alpha value is -2.93. The van der Waals surface area contributed by atoms with Crippen molar-refractivity contribution in [3.63, 3.8) is 0 Å². The minimum absolute atomic E-state index is 0.0194. The number of nitrogens with zero attached hydrogens (tertiary/aromatic N) is 2. The van der Waals surface area contributed by atoms with E-state index in [1.54, 1.807) is 12.1 Å². The maximum atomic E-state index is 12.5. The summed E-state index contributed by atoms with van der Waals surface area (Å²) in [4.78, 5) is 30.8. The van der Waals surface area contributed by atoms with Crippen LogP contribution in [-0.2, 0) is 22.5 Å². The lowest BCUT2D eigenvalue weighted by Crippen LogP contribution is -2.37. The summed E-state index contributed by atoms with van der Waals surface area (Å²) in [6.45, 7) is 3.44. The SMILES string of the molecule is O=C1CCc2cc(C(=O)NCc3cccc(N4CCOCC4)n3)ccc2N1. The fourth-order valence-electron chi connectivity index (χ4n) is 3.33. The number of ether oxygens (including phenoxy) is 1. The topological polar surface area (TPSA) is 83.6 Å². The maximum absolute atomic E-state index is 12.5. The van der Waals surface area contributed by atoms with E-state index in [0.29, 0.717) is 38.2 Å². The Balaban J connectivity index is 1.40. The molecule has 27 heavy (non-hydrogen) atoms. The van der Waals surface area contributed by atoms with Crippen LogP contribution in [-0.4, -0.2) is 43.1 Å².